The summed E-state index contributed by atoms with van der Waals surface area (Å²) in [6.45, 7) is 6.25. The topological polar surface area (TPSA) is 42.4 Å². The van der Waals surface area contributed by atoms with E-state index in [-0.39, 0.29) is 5.91 Å². The number of carbonyl (C=O) groups excluding carboxylic acids is 1. The lowest BCUT2D eigenvalue weighted by Gasteiger charge is -2.32. The minimum Gasteiger partial charge on any atom is -0.493 e. The quantitative estimate of drug-likeness (QED) is 0.660. The fraction of sp³-hybridized carbons (Fsp3) is 0.333. The van der Waals surface area contributed by atoms with Crippen molar-refractivity contribution in [2.24, 2.45) is 5.92 Å². The maximum atomic E-state index is 13.2. The van der Waals surface area contributed by atoms with Crippen LogP contribution in [-0.2, 0) is 0 Å². The van der Waals surface area contributed by atoms with E-state index in [9.17, 15) is 4.79 Å². The van der Waals surface area contributed by atoms with Crippen LogP contribution in [0.4, 0.5) is 0 Å². The van der Waals surface area contributed by atoms with Gasteiger partial charge in [-0.2, -0.15) is 0 Å². The van der Waals surface area contributed by atoms with Crippen LogP contribution >= 0.6 is 0 Å². The summed E-state index contributed by atoms with van der Waals surface area (Å²) in [4.78, 5) is 19.8. The van der Waals surface area contributed by atoms with Crippen molar-refractivity contribution in [1.82, 2.24) is 9.88 Å². The van der Waals surface area contributed by atoms with Gasteiger partial charge in [0, 0.05) is 24.2 Å². The van der Waals surface area contributed by atoms with Gasteiger partial charge in [0.1, 0.15) is 5.75 Å². The molecule has 1 amide bonds. The molecule has 4 nitrogen and oxygen atoms in total. The Morgan fingerprint density at radius 2 is 1.82 bits per heavy atom. The molecule has 1 saturated heterocycles. The Balaban J connectivity index is 1.43. The van der Waals surface area contributed by atoms with E-state index >= 15 is 0 Å². The van der Waals surface area contributed by atoms with Crippen LogP contribution < -0.4 is 4.74 Å². The zero-order chi connectivity index (χ0) is 19.5. The Morgan fingerprint density at radius 3 is 2.57 bits per heavy atom. The Kier molecular flexibility index (Phi) is 5.29. The van der Waals surface area contributed by atoms with Gasteiger partial charge in [-0.25, -0.2) is 0 Å². The fourth-order valence-electron chi connectivity index (χ4n) is 3.85. The van der Waals surface area contributed by atoms with Gasteiger partial charge in [-0.3, -0.25) is 9.78 Å². The predicted octanol–water partition coefficient (Wildman–Crippen LogP) is 4.78. The number of hydrogen-bond donors (Lipinski definition) is 0. The number of carbonyl (C=O) groups is 1. The first-order chi connectivity index (χ1) is 13.6. The summed E-state index contributed by atoms with van der Waals surface area (Å²) in [5, 5.41) is 0.949. The number of benzene rings is 2. The number of nitrogens with zero attached hydrogens (tertiary/aromatic N) is 2. The molecule has 1 aliphatic heterocycles. The second-order valence-corrected chi connectivity index (χ2v) is 7.69. The second kappa shape index (κ2) is 8.01. The molecular weight excluding hydrogens is 348 g/mol. The molecule has 2 aromatic carbocycles. The largest absolute Gasteiger partial charge is 0.493 e. The lowest BCUT2D eigenvalue weighted by Crippen LogP contribution is -2.39. The highest BCUT2D eigenvalue weighted by molar-refractivity contribution is 6.06. The number of piperidine rings is 1. The third-order valence-electron chi connectivity index (χ3n) is 5.45. The molecule has 0 radical (unpaired) electrons. The second-order valence-electron chi connectivity index (χ2n) is 7.69. The average molecular weight is 374 g/mol. The van der Waals surface area contributed by atoms with Gasteiger partial charge in [0.05, 0.1) is 17.7 Å². The molecule has 1 aromatic heterocycles. The average Bonchev–Trinajstić information content (AvgIpc) is 2.72. The van der Waals surface area contributed by atoms with Crippen LogP contribution in [0, 0.1) is 19.8 Å². The summed E-state index contributed by atoms with van der Waals surface area (Å²) in [5.74, 6) is 1.51. The molecule has 0 saturated carbocycles. The highest BCUT2D eigenvalue weighted by Gasteiger charge is 2.25. The zero-order valence-corrected chi connectivity index (χ0v) is 16.5. The molecule has 0 bridgehead atoms. The van der Waals surface area contributed by atoms with E-state index in [1.54, 1.807) is 0 Å². The first-order valence-electron chi connectivity index (χ1n) is 9.95. The van der Waals surface area contributed by atoms with Crippen molar-refractivity contribution >= 4 is 16.8 Å². The van der Waals surface area contributed by atoms with Crippen LogP contribution in [-0.4, -0.2) is 35.5 Å². The standard InChI is InChI=1S/C24H26N2O2/c1-17-8-9-23-21(14-17)22(15-18(2)25-23)24(27)26-12-10-19(11-13-26)16-28-20-6-4-3-5-7-20/h3-9,14-15,19H,10-13,16H2,1-2H3. The molecule has 0 unspecified atom stereocenters. The summed E-state index contributed by atoms with van der Waals surface area (Å²) in [6.07, 6.45) is 1.94. The Morgan fingerprint density at radius 1 is 1.07 bits per heavy atom. The first kappa shape index (κ1) is 18.5. The number of rotatable bonds is 4. The SMILES string of the molecule is Cc1ccc2nc(C)cc(C(=O)N3CCC(COc4ccccc4)CC3)c2c1. The van der Waals surface area contributed by atoms with Crippen LogP contribution in [0.5, 0.6) is 5.75 Å². The summed E-state index contributed by atoms with van der Waals surface area (Å²) >= 11 is 0. The van der Waals surface area contributed by atoms with Crippen molar-refractivity contribution in [3.8, 4) is 5.75 Å². The summed E-state index contributed by atoms with van der Waals surface area (Å²) in [5.41, 5.74) is 3.68. The van der Waals surface area contributed by atoms with Crippen molar-refractivity contribution < 1.29 is 9.53 Å². The number of pyridine rings is 1. The van der Waals surface area contributed by atoms with Crippen LogP contribution in [0.2, 0.25) is 0 Å². The Labute approximate surface area is 166 Å². The van der Waals surface area contributed by atoms with E-state index < -0.39 is 0 Å². The van der Waals surface area contributed by atoms with Crippen molar-refractivity contribution in [2.45, 2.75) is 26.7 Å². The van der Waals surface area contributed by atoms with Crippen LogP contribution in [0.25, 0.3) is 10.9 Å². The number of fused-ring (bicyclic) bond motifs is 1. The first-order valence-corrected chi connectivity index (χ1v) is 9.95. The monoisotopic (exact) mass is 374 g/mol. The van der Waals surface area contributed by atoms with Crippen molar-refractivity contribution in [3.05, 3.63) is 71.4 Å². The minimum atomic E-state index is 0.114. The van der Waals surface area contributed by atoms with Gasteiger partial charge in [0.15, 0.2) is 0 Å². The molecule has 1 fully saturated rings. The fourth-order valence-corrected chi connectivity index (χ4v) is 3.85. The van der Waals surface area contributed by atoms with E-state index in [1.165, 1.54) is 0 Å². The summed E-state index contributed by atoms with van der Waals surface area (Å²) in [6, 6.07) is 18.0. The highest BCUT2D eigenvalue weighted by Crippen LogP contribution is 2.25. The molecule has 0 atom stereocenters. The van der Waals surface area contributed by atoms with E-state index in [2.05, 4.69) is 11.1 Å². The normalized spacial score (nSPS) is 15.0. The number of amides is 1. The van der Waals surface area contributed by atoms with Gasteiger partial charge in [-0.15, -0.1) is 0 Å². The number of likely N-dealkylation sites (tertiary alicyclic amines) is 1. The van der Waals surface area contributed by atoms with Crippen molar-refractivity contribution in [2.75, 3.05) is 19.7 Å². The molecular formula is C24H26N2O2. The van der Waals surface area contributed by atoms with Gasteiger partial charge in [0.2, 0.25) is 0 Å². The van der Waals surface area contributed by atoms with Crippen LogP contribution in [0.3, 0.4) is 0 Å². The van der Waals surface area contributed by atoms with E-state index in [4.69, 9.17) is 4.74 Å². The minimum absolute atomic E-state index is 0.114. The predicted molar refractivity (Wildman–Crippen MR) is 112 cm³/mol. The van der Waals surface area contributed by atoms with E-state index in [0.29, 0.717) is 12.5 Å². The van der Waals surface area contributed by atoms with Crippen molar-refractivity contribution in [1.29, 1.82) is 0 Å². The molecule has 144 valence electrons. The van der Waals surface area contributed by atoms with Crippen LogP contribution in [0.1, 0.15) is 34.5 Å². The van der Waals surface area contributed by atoms with Crippen LogP contribution in [0.15, 0.2) is 54.6 Å². The van der Waals surface area contributed by atoms with Gasteiger partial charge >= 0.3 is 0 Å². The number of ether oxygens (including phenoxy) is 1. The third kappa shape index (κ3) is 4.01. The zero-order valence-electron chi connectivity index (χ0n) is 16.5. The molecule has 1 aliphatic rings. The lowest BCUT2D eigenvalue weighted by atomic mass is 9.96. The molecule has 0 N–H and O–H groups in total. The third-order valence-corrected chi connectivity index (χ3v) is 5.45. The molecule has 28 heavy (non-hydrogen) atoms. The summed E-state index contributed by atoms with van der Waals surface area (Å²) < 4.78 is 5.90. The van der Waals surface area contributed by atoms with Gasteiger partial charge in [-0.1, -0.05) is 29.8 Å². The van der Waals surface area contributed by atoms with E-state index in [0.717, 1.165) is 59.4 Å². The number of aromatic nitrogens is 1. The lowest BCUT2D eigenvalue weighted by molar-refractivity contribution is 0.0663. The molecule has 4 rings (SSSR count). The molecule has 3 aromatic rings. The Bertz CT molecular complexity index is 977. The smallest absolute Gasteiger partial charge is 0.254 e. The summed E-state index contributed by atoms with van der Waals surface area (Å²) in [7, 11) is 0. The van der Waals surface area contributed by atoms with Crippen molar-refractivity contribution in [3.63, 3.8) is 0 Å². The number of aryl methyl sites for hydroxylation is 2. The highest BCUT2D eigenvalue weighted by atomic mass is 16.5. The van der Waals surface area contributed by atoms with E-state index in [1.807, 2.05) is 67.3 Å². The van der Waals surface area contributed by atoms with Gasteiger partial charge < -0.3 is 9.64 Å². The molecule has 4 heteroatoms. The molecule has 0 spiro atoms. The van der Waals surface area contributed by atoms with Gasteiger partial charge in [-0.05, 0) is 62.9 Å². The molecule has 2 heterocycles. The number of hydrogen-bond acceptors (Lipinski definition) is 3. The maximum absolute atomic E-state index is 13.2. The maximum Gasteiger partial charge on any atom is 0.254 e. The Hall–Kier alpha value is -2.88. The van der Waals surface area contributed by atoms with Gasteiger partial charge in [0.25, 0.3) is 5.91 Å². The molecule has 0 aliphatic carbocycles. The number of para-hydroxylation sites is 1.